The maximum Gasteiger partial charge on any atom is 0.471 e. The third-order valence-corrected chi connectivity index (χ3v) is 8.44. The molecule has 2 saturated heterocycles. The molecule has 5 amide bonds. The van der Waals surface area contributed by atoms with Gasteiger partial charge >= 0.3 is 12.1 Å². The molecule has 1 aromatic heterocycles. The van der Waals surface area contributed by atoms with E-state index in [4.69, 9.17) is 0 Å². The smallest absolute Gasteiger partial charge is 0.361 e. The fourth-order valence-corrected chi connectivity index (χ4v) is 5.73. The molecule has 3 heterocycles. The van der Waals surface area contributed by atoms with E-state index < -0.39 is 54.0 Å². The topological polar surface area (TPSA) is 152 Å². The molecular weight excluding hydrogens is 581 g/mol. The molecule has 2 aromatic rings. The summed E-state index contributed by atoms with van der Waals surface area (Å²) in [5.41, 5.74) is 1.61. The Hall–Kier alpha value is -4.10. The minimum atomic E-state index is -5.00. The molecule has 0 unspecified atom stereocenters. The van der Waals surface area contributed by atoms with Crippen LogP contribution in [-0.2, 0) is 30.4 Å². The summed E-state index contributed by atoms with van der Waals surface area (Å²) < 4.78 is 37.5. The van der Waals surface area contributed by atoms with Crippen LogP contribution in [0.3, 0.4) is 0 Å². The molecule has 5 atom stereocenters. The van der Waals surface area contributed by atoms with Crippen molar-refractivity contribution in [1.29, 1.82) is 0 Å². The number of rotatable bonds is 9. The Morgan fingerprint density at radius 2 is 1.73 bits per heavy atom. The number of nitrogens with zero attached hydrogens (tertiary/aromatic N) is 1. The highest BCUT2D eigenvalue weighted by Crippen LogP contribution is 2.24. The first-order chi connectivity index (χ1) is 20.9. The highest BCUT2D eigenvalue weighted by molar-refractivity contribution is 5.98. The zero-order valence-electron chi connectivity index (χ0n) is 24.8. The van der Waals surface area contributed by atoms with Crippen molar-refractivity contribution in [2.75, 3.05) is 13.1 Å². The monoisotopic (exact) mass is 620 g/mol. The predicted octanol–water partition coefficient (Wildman–Crippen LogP) is 2.06. The van der Waals surface area contributed by atoms with Gasteiger partial charge in [0.25, 0.3) is 0 Å². The summed E-state index contributed by atoms with van der Waals surface area (Å²) in [5, 5.41) is 11.0. The number of aromatic nitrogens is 1. The average Bonchev–Trinajstić information content (AvgIpc) is 3.64. The van der Waals surface area contributed by atoms with Crippen LogP contribution in [0, 0.1) is 5.92 Å². The zero-order chi connectivity index (χ0) is 32.0. The van der Waals surface area contributed by atoms with Gasteiger partial charge in [0, 0.05) is 36.6 Å². The molecule has 14 heteroatoms. The van der Waals surface area contributed by atoms with Crippen molar-refractivity contribution < 1.29 is 37.1 Å². The lowest BCUT2D eigenvalue weighted by molar-refractivity contribution is -0.173. The number of amides is 5. The largest absolute Gasteiger partial charge is 0.471 e. The van der Waals surface area contributed by atoms with Crippen molar-refractivity contribution >= 4 is 40.4 Å². The second-order valence-corrected chi connectivity index (χ2v) is 11.5. The van der Waals surface area contributed by atoms with E-state index in [1.807, 2.05) is 38.1 Å². The highest BCUT2D eigenvalue weighted by atomic mass is 19.4. The van der Waals surface area contributed by atoms with Crippen LogP contribution in [0.15, 0.2) is 30.5 Å². The normalized spacial score (nSPS) is 24.1. The van der Waals surface area contributed by atoms with Gasteiger partial charge in [0.1, 0.15) is 24.2 Å². The minimum absolute atomic E-state index is 0.0387. The van der Waals surface area contributed by atoms with Crippen molar-refractivity contribution in [3.05, 3.63) is 36.0 Å². The van der Waals surface area contributed by atoms with Crippen LogP contribution < -0.4 is 21.3 Å². The SMILES string of the molecule is CC[C@H](C)[C@@H]1NC(=O)[C@@H](Cc2c[nH]c3ccccc23)NC(=O)[C@H](CCCCNC(=O)C(F)(F)F)NC(=O)[C@H]2CCCN2C1=O. The van der Waals surface area contributed by atoms with Crippen molar-refractivity contribution in [2.45, 2.75) is 89.1 Å². The molecule has 1 aromatic carbocycles. The lowest BCUT2D eigenvalue weighted by atomic mass is 9.95. The maximum absolute atomic E-state index is 13.8. The molecule has 2 fully saturated rings. The Kier molecular flexibility index (Phi) is 10.5. The van der Waals surface area contributed by atoms with E-state index in [2.05, 4.69) is 20.9 Å². The Labute approximate surface area is 253 Å². The molecule has 240 valence electrons. The quantitative estimate of drug-likeness (QED) is 0.272. The van der Waals surface area contributed by atoms with E-state index >= 15 is 0 Å². The van der Waals surface area contributed by atoms with Gasteiger partial charge in [-0.15, -0.1) is 0 Å². The Morgan fingerprint density at radius 3 is 2.45 bits per heavy atom. The Balaban J connectivity index is 1.59. The van der Waals surface area contributed by atoms with Crippen molar-refractivity contribution in [1.82, 2.24) is 31.2 Å². The number of hydrogen-bond acceptors (Lipinski definition) is 5. The van der Waals surface area contributed by atoms with Gasteiger partial charge in [-0.05, 0) is 49.7 Å². The molecule has 0 saturated carbocycles. The first-order valence-electron chi connectivity index (χ1n) is 15.0. The molecule has 0 spiro atoms. The first kappa shape index (κ1) is 32.8. The number of para-hydroxylation sites is 1. The van der Waals surface area contributed by atoms with E-state index in [0.29, 0.717) is 25.8 Å². The molecular formula is C30H39F3N6O5. The fourth-order valence-electron chi connectivity index (χ4n) is 5.73. The van der Waals surface area contributed by atoms with Gasteiger partial charge < -0.3 is 31.2 Å². The second-order valence-electron chi connectivity index (χ2n) is 11.5. The summed E-state index contributed by atoms with van der Waals surface area (Å²) in [6.07, 6.45) is -1.25. The molecule has 5 N–H and O–H groups in total. The average molecular weight is 621 g/mol. The predicted molar refractivity (Wildman–Crippen MR) is 155 cm³/mol. The van der Waals surface area contributed by atoms with Gasteiger partial charge in [-0.3, -0.25) is 24.0 Å². The van der Waals surface area contributed by atoms with E-state index in [1.54, 1.807) is 11.5 Å². The Morgan fingerprint density at radius 1 is 1.02 bits per heavy atom. The number of alkyl halides is 3. The molecule has 4 rings (SSSR count). The zero-order valence-corrected chi connectivity index (χ0v) is 24.8. The molecule has 2 aliphatic heterocycles. The van der Waals surface area contributed by atoms with Crippen LogP contribution in [0.25, 0.3) is 10.9 Å². The molecule has 0 aliphatic carbocycles. The number of nitrogens with one attached hydrogen (secondary N) is 5. The standard InChI is InChI=1S/C30H39F3N6O5/c1-3-17(2)24-28(43)39-14-8-12-23(39)27(42)36-21(11-6-7-13-34-29(44)30(31,32)33)25(40)37-22(26(41)38-24)15-18-16-35-20-10-5-4-9-19(18)20/h4-5,9-10,16-17,21-24,35H,3,6-8,11-15H2,1-2H3,(H,34,44)(H,36,42)(H,37,40)(H,38,41)/t17-,21-,22+,23+,24-/m0/s1. The van der Waals surface area contributed by atoms with Crippen molar-refractivity contribution in [3.8, 4) is 0 Å². The summed E-state index contributed by atoms with van der Waals surface area (Å²) in [6, 6.07) is 3.54. The summed E-state index contributed by atoms with van der Waals surface area (Å²) in [5.74, 6) is -4.34. The van der Waals surface area contributed by atoms with Gasteiger partial charge in [0.05, 0.1) is 0 Å². The third-order valence-electron chi connectivity index (χ3n) is 8.44. The summed E-state index contributed by atoms with van der Waals surface area (Å²) in [4.78, 5) is 70.4. The van der Waals surface area contributed by atoms with Gasteiger partial charge in [0.15, 0.2) is 0 Å². The molecule has 44 heavy (non-hydrogen) atoms. The van der Waals surface area contributed by atoms with Crippen LogP contribution in [0.2, 0.25) is 0 Å². The van der Waals surface area contributed by atoms with Crippen molar-refractivity contribution in [2.24, 2.45) is 5.92 Å². The number of aromatic amines is 1. The maximum atomic E-state index is 13.8. The van der Waals surface area contributed by atoms with Gasteiger partial charge in [-0.25, -0.2) is 0 Å². The van der Waals surface area contributed by atoms with Crippen molar-refractivity contribution in [3.63, 3.8) is 0 Å². The number of carbonyl (C=O) groups is 5. The fraction of sp³-hybridized carbons (Fsp3) is 0.567. The number of fused-ring (bicyclic) bond motifs is 2. The van der Waals surface area contributed by atoms with E-state index in [0.717, 1.165) is 16.5 Å². The summed E-state index contributed by atoms with van der Waals surface area (Å²) in [7, 11) is 0. The van der Waals surface area contributed by atoms with Gasteiger partial charge in [-0.1, -0.05) is 38.5 Å². The molecule has 2 aliphatic rings. The third kappa shape index (κ3) is 7.69. The van der Waals surface area contributed by atoms with Crippen LogP contribution in [0.5, 0.6) is 0 Å². The van der Waals surface area contributed by atoms with Gasteiger partial charge in [-0.2, -0.15) is 13.2 Å². The van der Waals surface area contributed by atoms with Crippen LogP contribution >= 0.6 is 0 Å². The first-order valence-corrected chi connectivity index (χ1v) is 15.0. The number of benzene rings is 1. The number of unbranched alkanes of at least 4 members (excludes halogenated alkanes) is 1. The minimum Gasteiger partial charge on any atom is -0.361 e. The van der Waals surface area contributed by atoms with Crippen LogP contribution in [0.4, 0.5) is 13.2 Å². The molecule has 0 bridgehead atoms. The summed E-state index contributed by atoms with van der Waals surface area (Å²) >= 11 is 0. The van der Waals surface area contributed by atoms with Crippen LogP contribution in [-0.4, -0.2) is 82.9 Å². The second kappa shape index (κ2) is 14.1. The number of carbonyl (C=O) groups excluding carboxylic acids is 5. The molecule has 0 radical (unpaired) electrons. The van der Waals surface area contributed by atoms with E-state index in [9.17, 15) is 37.1 Å². The van der Waals surface area contributed by atoms with E-state index in [-0.39, 0.29) is 44.1 Å². The molecule has 11 nitrogen and oxygen atoms in total. The Bertz CT molecular complexity index is 1380. The lowest BCUT2D eigenvalue weighted by Crippen LogP contribution is -2.62. The lowest BCUT2D eigenvalue weighted by Gasteiger charge is -2.34. The number of halogens is 3. The van der Waals surface area contributed by atoms with E-state index in [1.165, 1.54) is 4.90 Å². The van der Waals surface area contributed by atoms with Crippen LogP contribution in [0.1, 0.15) is 57.9 Å². The van der Waals surface area contributed by atoms with Gasteiger partial charge in [0.2, 0.25) is 23.6 Å². The number of hydrogen-bond donors (Lipinski definition) is 5. The highest BCUT2D eigenvalue weighted by Gasteiger charge is 2.42. The summed E-state index contributed by atoms with van der Waals surface area (Å²) in [6.45, 7) is 3.81. The number of H-pyrrole nitrogens is 1.